The maximum atomic E-state index is 11.5. The summed E-state index contributed by atoms with van der Waals surface area (Å²) in [5.41, 5.74) is -0.145. The Balaban J connectivity index is 2.66. The van der Waals surface area contributed by atoms with Gasteiger partial charge in [-0.15, -0.1) is 0 Å². The Morgan fingerprint density at radius 1 is 1.53 bits per heavy atom. The molecule has 0 unspecified atom stereocenters. The van der Waals surface area contributed by atoms with Crippen molar-refractivity contribution in [2.24, 2.45) is 0 Å². The number of hydrogen-bond donors (Lipinski definition) is 2. The molecule has 0 aliphatic carbocycles. The minimum absolute atomic E-state index is 0.121. The van der Waals surface area contributed by atoms with Crippen LogP contribution in [-0.4, -0.2) is 27.7 Å². The summed E-state index contributed by atoms with van der Waals surface area (Å²) < 4.78 is 4.79. The number of phenolic OH excluding ortho intramolecular Hbond substituents is 1. The Bertz CT molecular complexity index is 633. The molecule has 2 N–H and O–H groups in total. The van der Waals surface area contributed by atoms with E-state index in [0.717, 1.165) is 0 Å². The molecule has 1 heterocycles. The summed E-state index contributed by atoms with van der Waals surface area (Å²) in [4.78, 5) is 29.2. The number of aromatic nitrogens is 2. The molecule has 0 radical (unpaired) electrons. The van der Waals surface area contributed by atoms with Crippen LogP contribution < -0.4 is 5.56 Å². The number of rotatable bonds is 2. The quantitative estimate of drug-likeness (QED) is 0.750. The highest BCUT2D eigenvalue weighted by atomic mass is 16.5. The Hall–Kier alpha value is -2.37. The summed E-state index contributed by atoms with van der Waals surface area (Å²) in [7, 11) is 0. The summed E-state index contributed by atoms with van der Waals surface area (Å²) in [6, 6.07) is 2.58. The van der Waals surface area contributed by atoms with Gasteiger partial charge in [-0.25, -0.2) is 9.78 Å². The third kappa shape index (κ3) is 1.96. The third-order valence-electron chi connectivity index (χ3n) is 2.23. The predicted octanol–water partition coefficient (Wildman–Crippen LogP) is 0.805. The van der Waals surface area contributed by atoms with E-state index in [9.17, 15) is 14.7 Å². The SMILES string of the molecule is CCOC(=O)c1cc(O)c2nc[nH]c(=O)c2c1. The maximum Gasteiger partial charge on any atom is 0.338 e. The first-order chi connectivity index (χ1) is 8.13. The van der Waals surface area contributed by atoms with Crippen molar-refractivity contribution in [2.75, 3.05) is 6.61 Å². The lowest BCUT2D eigenvalue weighted by Gasteiger charge is -2.04. The van der Waals surface area contributed by atoms with Gasteiger partial charge in [0.05, 0.1) is 23.9 Å². The zero-order valence-corrected chi connectivity index (χ0v) is 9.06. The number of phenols is 1. The van der Waals surface area contributed by atoms with E-state index in [-0.39, 0.29) is 28.8 Å². The second-order valence-corrected chi connectivity index (χ2v) is 3.34. The maximum absolute atomic E-state index is 11.5. The van der Waals surface area contributed by atoms with Gasteiger partial charge >= 0.3 is 5.97 Å². The summed E-state index contributed by atoms with van der Waals surface area (Å²) in [6.45, 7) is 1.90. The molecule has 6 nitrogen and oxygen atoms in total. The highest BCUT2D eigenvalue weighted by molar-refractivity contribution is 5.96. The van der Waals surface area contributed by atoms with Crippen LogP contribution in [0.1, 0.15) is 17.3 Å². The first-order valence-electron chi connectivity index (χ1n) is 5.01. The molecule has 0 saturated heterocycles. The zero-order chi connectivity index (χ0) is 12.4. The Morgan fingerprint density at radius 2 is 2.29 bits per heavy atom. The normalized spacial score (nSPS) is 10.4. The fourth-order valence-electron chi connectivity index (χ4n) is 1.49. The number of carbonyl (C=O) groups is 1. The third-order valence-corrected chi connectivity index (χ3v) is 2.23. The molecule has 2 rings (SSSR count). The molecule has 0 amide bonds. The smallest absolute Gasteiger partial charge is 0.338 e. The number of aromatic hydroxyl groups is 1. The lowest BCUT2D eigenvalue weighted by Crippen LogP contribution is -2.09. The summed E-state index contributed by atoms with van der Waals surface area (Å²) >= 11 is 0. The molecular formula is C11H10N2O4. The van der Waals surface area contributed by atoms with Crippen molar-refractivity contribution in [1.82, 2.24) is 9.97 Å². The van der Waals surface area contributed by atoms with Crippen molar-refractivity contribution in [3.63, 3.8) is 0 Å². The molecule has 17 heavy (non-hydrogen) atoms. The van der Waals surface area contributed by atoms with Gasteiger partial charge in [0.1, 0.15) is 11.3 Å². The van der Waals surface area contributed by atoms with Gasteiger partial charge in [-0.1, -0.05) is 0 Å². The highest BCUT2D eigenvalue weighted by Crippen LogP contribution is 2.22. The first kappa shape index (κ1) is 11.1. The van der Waals surface area contributed by atoms with E-state index in [1.165, 1.54) is 18.5 Å². The average molecular weight is 234 g/mol. The first-order valence-corrected chi connectivity index (χ1v) is 5.01. The van der Waals surface area contributed by atoms with Crippen LogP contribution in [0.5, 0.6) is 5.75 Å². The number of carbonyl (C=O) groups excluding carboxylic acids is 1. The van der Waals surface area contributed by atoms with E-state index < -0.39 is 11.5 Å². The molecule has 1 aromatic carbocycles. The van der Waals surface area contributed by atoms with Crippen molar-refractivity contribution < 1.29 is 14.6 Å². The topological polar surface area (TPSA) is 92.3 Å². The number of fused-ring (bicyclic) bond motifs is 1. The van der Waals surface area contributed by atoms with Gasteiger partial charge in [0.2, 0.25) is 0 Å². The number of aromatic amines is 1. The zero-order valence-electron chi connectivity index (χ0n) is 9.06. The van der Waals surface area contributed by atoms with Gasteiger partial charge in [0.15, 0.2) is 0 Å². The van der Waals surface area contributed by atoms with E-state index in [1.54, 1.807) is 6.92 Å². The van der Waals surface area contributed by atoms with Crippen molar-refractivity contribution in [3.8, 4) is 5.75 Å². The van der Waals surface area contributed by atoms with Crippen LogP contribution in [0.4, 0.5) is 0 Å². The second kappa shape index (κ2) is 4.25. The monoisotopic (exact) mass is 234 g/mol. The molecule has 6 heteroatoms. The fourth-order valence-corrected chi connectivity index (χ4v) is 1.49. The fraction of sp³-hybridized carbons (Fsp3) is 0.182. The van der Waals surface area contributed by atoms with Gasteiger partial charge in [-0.2, -0.15) is 0 Å². The van der Waals surface area contributed by atoms with Gasteiger partial charge in [-0.05, 0) is 19.1 Å². The molecule has 0 saturated carbocycles. The minimum atomic E-state index is -0.590. The molecule has 0 aliphatic heterocycles. The molecular weight excluding hydrogens is 224 g/mol. The second-order valence-electron chi connectivity index (χ2n) is 3.34. The van der Waals surface area contributed by atoms with Crippen LogP contribution in [0.25, 0.3) is 10.9 Å². The van der Waals surface area contributed by atoms with Crippen molar-refractivity contribution in [2.45, 2.75) is 6.92 Å². The molecule has 0 spiro atoms. The van der Waals surface area contributed by atoms with Crippen LogP contribution in [0.3, 0.4) is 0 Å². The number of esters is 1. The van der Waals surface area contributed by atoms with Crippen molar-refractivity contribution in [1.29, 1.82) is 0 Å². The Morgan fingerprint density at radius 3 is 3.00 bits per heavy atom. The summed E-state index contributed by atoms with van der Waals surface area (Å²) in [6.07, 6.45) is 1.19. The van der Waals surface area contributed by atoms with E-state index in [0.29, 0.717) is 0 Å². The lowest BCUT2D eigenvalue weighted by atomic mass is 10.1. The summed E-state index contributed by atoms with van der Waals surface area (Å²) in [5.74, 6) is -0.815. The van der Waals surface area contributed by atoms with Gasteiger partial charge < -0.3 is 14.8 Å². The van der Waals surface area contributed by atoms with Crippen molar-refractivity contribution >= 4 is 16.9 Å². The minimum Gasteiger partial charge on any atom is -0.506 e. The van der Waals surface area contributed by atoms with Crippen LogP contribution in [0, 0.1) is 0 Å². The van der Waals surface area contributed by atoms with E-state index in [2.05, 4.69) is 9.97 Å². The Labute approximate surface area is 95.9 Å². The molecule has 0 fully saturated rings. The number of benzene rings is 1. The molecule has 88 valence electrons. The number of hydrogen-bond acceptors (Lipinski definition) is 5. The van der Waals surface area contributed by atoms with Crippen molar-refractivity contribution in [3.05, 3.63) is 34.4 Å². The number of nitrogens with zero attached hydrogens (tertiary/aromatic N) is 1. The van der Waals surface area contributed by atoms with Crippen LogP contribution in [0.15, 0.2) is 23.3 Å². The van der Waals surface area contributed by atoms with E-state index >= 15 is 0 Å². The largest absolute Gasteiger partial charge is 0.506 e. The van der Waals surface area contributed by atoms with Gasteiger partial charge in [0, 0.05) is 0 Å². The van der Waals surface area contributed by atoms with Crippen LogP contribution in [-0.2, 0) is 4.74 Å². The number of H-pyrrole nitrogens is 1. The van der Waals surface area contributed by atoms with Gasteiger partial charge in [0.25, 0.3) is 5.56 Å². The van der Waals surface area contributed by atoms with Gasteiger partial charge in [-0.3, -0.25) is 4.79 Å². The summed E-state index contributed by atoms with van der Waals surface area (Å²) in [5, 5.41) is 9.82. The average Bonchev–Trinajstić information content (AvgIpc) is 2.30. The van der Waals surface area contributed by atoms with E-state index in [4.69, 9.17) is 4.74 Å². The molecule has 1 aromatic heterocycles. The van der Waals surface area contributed by atoms with Crippen LogP contribution >= 0.6 is 0 Å². The lowest BCUT2D eigenvalue weighted by molar-refractivity contribution is 0.0526. The Kier molecular flexibility index (Phi) is 2.78. The predicted molar refractivity (Wildman–Crippen MR) is 60.0 cm³/mol. The molecule has 2 aromatic rings. The molecule has 0 atom stereocenters. The molecule has 0 bridgehead atoms. The molecule has 0 aliphatic rings. The number of nitrogens with one attached hydrogen (secondary N) is 1. The van der Waals surface area contributed by atoms with Crippen LogP contribution in [0.2, 0.25) is 0 Å². The van der Waals surface area contributed by atoms with E-state index in [1.807, 2.05) is 0 Å². The highest BCUT2D eigenvalue weighted by Gasteiger charge is 2.13. The number of ether oxygens (including phenoxy) is 1. The standard InChI is InChI=1S/C11H10N2O4/c1-2-17-11(16)6-3-7-9(8(14)4-6)12-5-13-10(7)15/h3-5,14H,2H2,1H3,(H,12,13,15).